The first kappa shape index (κ1) is 18.0. The summed E-state index contributed by atoms with van der Waals surface area (Å²) in [4.78, 5) is 26.5. The van der Waals surface area contributed by atoms with E-state index < -0.39 is 0 Å². The summed E-state index contributed by atoms with van der Waals surface area (Å²) in [7, 11) is 4.04. The minimum Gasteiger partial charge on any atom is -0.362 e. The molecule has 6 nitrogen and oxygen atoms in total. The van der Waals surface area contributed by atoms with Gasteiger partial charge in [0, 0.05) is 62.7 Å². The molecule has 2 aromatic rings. The fourth-order valence-electron chi connectivity index (χ4n) is 4.90. The Balaban J connectivity index is 1.72. The summed E-state index contributed by atoms with van der Waals surface area (Å²) in [5.74, 6) is 2.60. The van der Waals surface area contributed by atoms with Crippen LogP contribution in [0, 0.1) is 12.8 Å². The second-order valence-corrected chi connectivity index (χ2v) is 8.18. The maximum Gasteiger partial charge on any atom is 0.250 e. The van der Waals surface area contributed by atoms with Crippen LogP contribution >= 0.6 is 0 Å². The molecular formula is C21H29N5O. The molecule has 2 bridgehead atoms. The van der Waals surface area contributed by atoms with Crippen LogP contribution in [0.25, 0.3) is 0 Å². The van der Waals surface area contributed by atoms with E-state index >= 15 is 0 Å². The summed E-state index contributed by atoms with van der Waals surface area (Å²) >= 11 is 0. The van der Waals surface area contributed by atoms with E-state index in [0.29, 0.717) is 11.8 Å². The normalized spacial score (nSPS) is 23.9. The van der Waals surface area contributed by atoms with Gasteiger partial charge in [0.1, 0.15) is 5.82 Å². The number of fused-ring (bicyclic) bond motifs is 4. The lowest BCUT2D eigenvalue weighted by Crippen LogP contribution is -2.50. The molecule has 2 aromatic heterocycles. The summed E-state index contributed by atoms with van der Waals surface area (Å²) in [6, 6.07) is 6.02. The van der Waals surface area contributed by atoms with Crippen molar-refractivity contribution in [3.8, 4) is 0 Å². The van der Waals surface area contributed by atoms with Crippen molar-refractivity contribution >= 4 is 11.8 Å². The van der Waals surface area contributed by atoms with Crippen molar-refractivity contribution < 1.29 is 0 Å². The second-order valence-electron chi connectivity index (χ2n) is 8.18. The predicted octanol–water partition coefficient (Wildman–Crippen LogP) is 2.98. The summed E-state index contributed by atoms with van der Waals surface area (Å²) < 4.78 is 2.08. The summed E-state index contributed by atoms with van der Waals surface area (Å²) in [5.41, 5.74) is 2.42. The molecule has 0 N–H and O–H groups in total. The van der Waals surface area contributed by atoms with Gasteiger partial charge in [-0.05, 0) is 31.7 Å². The SMILES string of the molecule is CCC[C@H]1[C@H]2C[C@H](CN(c3ncc(C)c(N(C)C)n3)C2)c2cccc(=O)n21. The van der Waals surface area contributed by atoms with Gasteiger partial charge in [-0.1, -0.05) is 19.4 Å². The topological polar surface area (TPSA) is 54.3 Å². The molecular weight excluding hydrogens is 338 g/mol. The Labute approximate surface area is 160 Å². The van der Waals surface area contributed by atoms with Gasteiger partial charge < -0.3 is 14.4 Å². The number of aromatic nitrogens is 3. The molecule has 2 aliphatic heterocycles. The first-order chi connectivity index (χ1) is 13.0. The molecule has 27 heavy (non-hydrogen) atoms. The number of piperidine rings is 1. The highest BCUT2D eigenvalue weighted by Crippen LogP contribution is 2.43. The highest BCUT2D eigenvalue weighted by atomic mass is 16.1. The standard InChI is InChI=1S/C21H29N5O/c1-5-7-17-15-10-16(18-8-6-9-19(27)26(17)18)13-25(12-15)21-22-11-14(2)20(23-21)24(3)4/h6,8-9,11,15-17H,5,7,10,12-13H2,1-4H3/t15-,16+,17-/m0/s1. The maximum absolute atomic E-state index is 12.6. The van der Waals surface area contributed by atoms with Gasteiger partial charge in [0.15, 0.2) is 0 Å². The van der Waals surface area contributed by atoms with Crippen LogP contribution in [0.3, 0.4) is 0 Å². The average Bonchev–Trinajstić information content (AvgIpc) is 2.65. The van der Waals surface area contributed by atoms with E-state index in [1.54, 1.807) is 6.07 Å². The van der Waals surface area contributed by atoms with Gasteiger partial charge in [0.25, 0.3) is 5.56 Å². The molecule has 1 fully saturated rings. The molecule has 6 heteroatoms. The number of aryl methyl sites for hydroxylation is 1. The largest absolute Gasteiger partial charge is 0.362 e. The van der Waals surface area contributed by atoms with Gasteiger partial charge in [-0.2, -0.15) is 4.98 Å². The van der Waals surface area contributed by atoms with Crippen LogP contribution in [0.5, 0.6) is 0 Å². The number of hydrogen-bond acceptors (Lipinski definition) is 5. The second kappa shape index (κ2) is 6.98. The Hall–Kier alpha value is -2.37. The molecule has 0 amide bonds. The third kappa shape index (κ3) is 3.11. The van der Waals surface area contributed by atoms with Crippen molar-refractivity contribution in [2.75, 3.05) is 37.0 Å². The van der Waals surface area contributed by atoms with Gasteiger partial charge in [-0.15, -0.1) is 0 Å². The molecule has 0 saturated carbocycles. The van der Waals surface area contributed by atoms with Gasteiger partial charge in [-0.3, -0.25) is 4.79 Å². The predicted molar refractivity (Wildman–Crippen MR) is 109 cm³/mol. The highest BCUT2D eigenvalue weighted by Gasteiger charge is 2.40. The zero-order valence-electron chi connectivity index (χ0n) is 16.7. The van der Waals surface area contributed by atoms with Crippen LogP contribution in [0.2, 0.25) is 0 Å². The highest BCUT2D eigenvalue weighted by molar-refractivity contribution is 5.49. The number of rotatable bonds is 4. The van der Waals surface area contributed by atoms with Crippen LogP contribution in [0.1, 0.15) is 49.4 Å². The molecule has 4 heterocycles. The average molecular weight is 367 g/mol. The fourth-order valence-corrected chi connectivity index (χ4v) is 4.90. The van der Waals surface area contributed by atoms with Crippen LogP contribution in [0.4, 0.5) is 11.8 Å². The Morgan fingerprint density at radius 1 is 1.26 bits per heavy atom. The molecule has 3 atom stereocenters. The lowest BCUT2D eigenvalue weighted by molar-refractivity contribution is 0.201. The van der Waals surface area contributed by atoms with E-state index in [2.05, 4.69) is 27.4 Å². The minimum absolute atomic E-state index is 0.149. The van der Waals surface area contributed by atoms with E-state index in [-0.39, 0.29) is 11.6 Å². The van der Waals surface area contributed by atoms with Crippen molar-refractivity contribution in [3.63, 3.8) is 0 Å². The number of anilines is 2. The lowest BCUT2D eigenvalue weighted by atomic mass is 9.77. The summed E-state index contributed by atoms with van der Waals surface area (Å²) in [6.07, 6.45) is 5.19. The Bertz CT molecular complexity index is 890. The zero-order chi connectivity index (χ0) is 19.1. The smallest absolute Gasteiger partial charge is 0.250 e. The first-order valence-electron chi connectivity index (χ1n) is 9.97. The van der Waals surface area contributed by atoms with Gasteiger partial charge in [0.2, 0.25) is 5.95 Å². The van der Waals surface area contributed by atoms with Crippen molar-refractivity contribution in [1.82, 2.24) is 14.5 Å². The van der Waals surface area contributed by atoms with Crippen LogP contribution in [-0.2, 0) is 0 Å². The van der Waals surface area contributed by atoms with E-state index in [1.165, 1.54) is 5.69 Å². The van der Waals surface area contributed by atoms with Crippen LogP contribution < -0.4 is 15.4 Å². The molecule has 0 aliphatic carbocycles. The van der Waals surface area contributed by atoms with E-state index in [4.69, 9.17) is 4.98 Å². The molecule has 1 saturated heterocycles. The van der Waals surface area contributed by atoms with Crippen molar-refractivity contribution in [1.29, 1.82) is 0 Å². The van der Waals surface area contributed by atoms with E-state index in [0.717, 1.165) is 49.7 Å². The quantitative estimate of drug-likeness (QED) is 0.832. The first-order valence-corrected chi connectivity index (χ1v) is 9.97. The third-order valence-corrected chi connectivity index (χ3v) is 6.02. The van der Waals surface area contributed by atoms with Crippen molar-refractivity contribution in [3.05, 3.63) is 46.0 Å². The monoisotopic (exact) mass is 367 g/mol. The Morgan fingerprint density at radius 2 is 2.07 bits per heavy atom. The Morgan fingerprint density at radius 3 is 2.81 bits per heavy atom. The molecule has 0 spiro atoms. The lowest BCUT2D eigenvalue weighted by Gasteiger charge is -2.47. The van der Waals surface area contributed by atoms with Gasteiger partial charge in [-0.25, -0.2) is 4.98 Å². The van der Waals surface area contributed by atoms with Gasteiger partial charge >= 0.3 is 0 Å². The third-order valence-electron chi connectivity index (χ3n) is 6.02. The molecule has 0 aromatic carbocycles. The summed E-state index contributed by atoms with van der Waals surface area (Å²) in [6.45, 7) is 6.03. The maximum atomic E-state index is 12.6. The fraction of sp³-hybridized carbons (Fsp3) is 0.571. The number of hydrogen-bond donors (Lipinski definition) is 0. The molecule has 4 rings (SSSR count). The minimum atomic E-state index is 0.149. The molecule has 0 radical (unpaired) electrons. The number of nitrogens with zero attached hydrogens (tertiary/aromatic N) is 5. The zero-order valence-corrected chi connectivity index (χ0v) is 16.7. The van der Waals surface area contributed by atoms with Crippen molar-refractivity contribution in [2.45, 2.75) is 45.1 Å². The summed E-state index contributed by atoms with van der Waals surface area (Å²) in [5, 5.41) is 0. The van der Waals surface area contributed by atoms with Crippen LogP contribution in [0.15, 0.2) is 29.2 Å². The van der Waals surface area contributed by atoms with E-state index in [9.17, 15) is 4.79 Å². The molecule has 2 aliphatic rings. The van der Waals surface area contributed by atoms with Gasteiger partial charge in [0.05, 0.1) is 0 Å². The van der Waals surface area contributed by atoms with Crippen molar-refractivity contribution in [2.24, 2.45) is 5.92 Å². The molecule has 0 unspecified atom stereocenters. The Kier molecular flexibility index (Phi) is 4.66. The molecule has 144 valence electrons. The van der Waals surface area contributed by atoms with Crippen LogP contribution in [-0.4, -0.2) is 41.7 Å². The number of pyridine rings is 1. The van der Waals surface area contributed by atoms with E-state index in [1.807, 2.05) is 38.2 Å².